The van der Waals surface area contributed by atoms with Gasteiger partial charge >= 0.3 is 0 Å². The number of carbonyl (C=O) groups is 1. The Balaban J connectivity index is 1.71. The number of hydrogen-bond acceptors (Lipinski definition) is 4. The summed E-state index contributed by atoms with van der Waals surface area (Å²) in [6, 6.07) is 18.0. The number of carbonyl (C=O) groups excluding carboxylic acids is 1. The molecular formula is C20H19N3OS. The van der Waals surface area contributed by atoms with Crippen molar-refractivity contribution in [3.63, 3.8) is 0 Å². The van der Waals surface area contributed by atoms with Crippen LogP contribution in [0.3, 0.4) is 0 Å². The molecule has 0 aliphatic heterocycles. The SMILES string of the molecule is CN(Cc1ccccc1)c1ccccc1NC(=O)/C=C\c1cscn1. The lowest BCUT2D eigenvalue weighted by atomic mass is 10.2. The Kier molecular flexibility index (Phi) is 5.59. The molecule has 0 unspecified atom stereocenters. The highest BCUT2D eigenvalue weighted by Gasteiger charge is 2.09. The summed E-state index contributed by atoms with van der Waals surface area (Å²) in [5.74, 6) is -0.173. The molecule has 1 heterocycles. The molecule has 4 nitrogen and oxygen atoms in total. The number of rotatable bonds is 6. The van der Waals surface area contributed by atoms with Gasteiger partial charge in [0.05, 0.1) is 22.6 Å². The van der Waals surface area contributed by atoms with Crippen molar-refractivity contribution >= 4 is 34.7 Å². The monoisotopic (exact) mass is 349 g/mol. The number of thiazole rings is 1. The minimum absolute atomic E-state index is 0.173. The fraction of sp³-hybridized carbons (Fsp3) is 0.100. The van der Waals surface area contributed by atoms with Gasteiger partial charge in [-0.2, -0.15) is 0 Å². The van der Waals surface area contributed by atoms with Crippen LogP contribution in [-0.4, -0.2) is 17.9 Å². The zero-order chi connectivity index (χ0) is 17.5. The molecule has 0 bridgehead atoms. The molecule has 2 aromatic carbocycles. The zero-order valence-electron chi connectivity index (χ0n) is 13.9. The molecule has 0 fully saturated rings. The Labute approximate surface area is 151 Å². The van der Waals surface area contributed by atoms with Gasteiger partial charge in [0.25, 0.3) is 0 Å². The van der Waals surface area contributed by atoms with Gasteiger partial charge < -0.3 is 10.2 Å². The molecule has 1 N–H and O–H groups in total. The van der Waals surface area contributed by atoms with Crippen LogP contribution in [0.4, 0.5) is 11.4 Å². The zero-order valence-corrected chi connectivity index (χ0v) is 14.7. The molecule has 126 valence electrons. The molecule has 0 aliphatic rings. The summed E-state index contributed by atoms with van der Waals surface area (Å²) in [7, 11) is 2.02. The van der Waals surface area contributed by atoms with Crippen LogP contribution < -0.4 is 10.2 Å². The van der Waals surface area contributed by atoms with Gasteiger partial charge in [0.2, 0.25) is 5.91 Å². The minimum Gasteiger partial charge on any atom is -0.369 e. The van der Waals surface area contributed by atoms with E-state index in [4.69, 9.17) is 0 Å². The molecule has 0 saturated heterocycles. The Bertz CT molecular complexity index is 844. The molecule has 0 radical (unpaired) electrons. The second-order valence-corrected chi connectivity index (χ2v) is 6.31. The van der Waals surface area contributed by atoms with E-state index < -0.39 is 0 Å². The molecule has 5 heteroatoms. The molecule has 3 rings (SSSR count). The molecule has 1 amide bonds. The maximum Gasteiger partial charge on any atom is 0.248 e. The second-order valence-electron chi connectivity index (χ2n) is 5.59. The van der Waals surface area contributed by atoms with Gasteiger partial charge in [0.15, 0.2) is 0 Å². The van der Waals surface area contributed by atoms with Crippen molar-refractivity contribution in [2.45, 2.75) is 6.54 Å². The first-order chi connectivity index (χ1) is 12.2. The summed E-state index contributed by atoms with van der Waals surface area (Å²) in [5, 5.41) is 4.84. The van der Waals surface area contributed by atoms with E-state index >= 15 is 0 Å². The highest BCUT2D eigenvalue weighted by Crippen LogP contribution is 2.26. The Morgan fingerprint density at radius 2 is 1.92 bits per heavy atom. The summed E-state index contributed by atoms with van der Waals surface area (Å²) in [6.45, 7) is 0.766. The Morgan fingerprint density at radius 3 is 2.68 bits per heavy atom. The van der Waals surface area contributed by atoms with Crippen LogP contribution in [0.2, 0.25) is 0 Å². The van der Waals surface area contributed by atoms with E-state index in [0.717, 1.165) is 23.6 Å². The summed E-state index contributed by atoms with van der Waals surface area (Å²) in [4.78, 5) is 18.5. The van der Waals surface area contributed by atoms with Crippen LogP contribution >= 0.6 is 11.3 Å². The molecule has 0 aliphatic carbocycles. The fourth-order valence-electron chi connectivity index (χ4n) is 2.49. The molecule has 0 saturated carbocycles. The maximum atomic E-state index is 12.2. The summed E-state index contributed by atoms with van der Waals surface area (Å²) < 4.78 is 0. The van der Waals surface area contributed by atoms with E-state index in [1.54, 1.807) is 11.6 Å². The van der Waals surface area contributed by atoms with Crippen molar-refractivity contribution in [1.29, 1.82) is 0 Å². The van der Waals surface area contributed by atoms with Crippen molar-refractivity contribution in [2.75, 3.05) is 17.3 Å². The van der Waals surface area contributed by atoms with Crippen molar-refractivity contribution in [3.8, 4) is 0 Å². The van der Waals surface area contributed by atoms with E-state index in [1.807, 2.05) is 54.9 Å². The number of aromatic nitrogens is 1. The third-order valence-corrected chi connectivity index (χ3v) is 4.30. The van der Waals surface area contributed by atoms with Crippen LogP contribution in [0.5, 0.6) is 0 Å². The van der Waals surface area contributed by atoms with Gasteiger partial charge in [-0.25, -0.2) is 4.98 Å². The highest BCUT2D eigenvalue weighted by atomic mass is 32.1. The number of hydrogen-bond donors (Lipinski definition) is 1. The molecule has 1 aromatic heterocycles. The van der Waals surface area contributed by atoms with Crippen LogP contribution in [0.1, 0.15) is 11.3 Å². The first-order valence-electron chi connectivity index (χ1n) is 7.94. The molecule has 3 aromatic rings. The van der Waals surface area contributed by atoms with E-state index in [2.05, 4.69) is 27.3 Å². The quantitative estimate of drug-likeness (QED) is 0.670. The fourth-order valence-corrected chi connectivity index (χ4v) is 3.02. The summed E-state index contributed by atoms with van der Waals surface area (Å²) >= 11 is 1.50. The van der Waals surface area contributed by atoms with Gasteiger partial charge in [0, 0.05) is 25.0 Å². The topological polar surface area (TPSA) is 45.2 Å². The van der Waals surface area contributed by atoms with Crippen molar-refractivity contribution in [3.05, 3.63) is 82.8 Å². The lowest BCUT2D eigenvalue weighted by molar-refractivity contribution is -0.111. The number of nitrogens with one attached hydrogen (secondary N) is 1. The number of amides is 1. The van der Waals surface area contributed by atoms with Gasteiger partial charge in [0.1, 0.15) is 0 Å². The lowest BCUT2D eigenvalue weighted by Gasteiger charge is -2.22. The molecule has 0 spiro atoms. The van der Waals surface area contributed by atoms with Gasteiger partial charge in [-0.15, -0.1) is 11.3 Å². The van der Waals surface area contributed by atoms with Gasteiger partial charge in [-0.05, 0) is 23.8 Å². The van der Waals surface area contributed by atoms with Crippen LogP contribution in [-0.2, 0) is 11.3 Å². The average Bonchev–Trinajstić information content (AvgIpc) is 3.15. The third-order valence-electron chi connectivity index (χ3n) is 3.69. The number of benzene rings is 2. The maximum absolute atomic E-state index is 12.2. The Hall–Kier alpha value is -2.92. The van der Waals surface area contributed by atoms with Crippen molar-refractivity contribution in [1.82, 2.24) is 4.98 Å². The van der Waals surface area contributed by atoms with Crippen molar-refractivity contribution in [2.24, 2.45) is 0 Å². The number of para-hydroxylation sites is 2. The van der Waals surface area contributed by atoms with Crippen LogP contribution in [0.15, 0.2) is 71.6 Å². The lowest BCUT2D eigenvalue weighted by Crippen LogP contribution is -2.19. The standard InChI is InChI=1S/C20H19N3OS/c1-23(13-16-7-3-2-4-8-16)19-10-6-5-9-18(19)22-20(24)12-11-17-14-25-15-21-17/h2-12,14-15H,13H2,1H3,(H,22,24)/b12-11-. The van der Waals surface area contributed by atoms with E-state index in [1.165, 1.54) is 23.0 Å². The van der Waals surface area contributed by atoms with Gasteiger partial charge in [-0.3, -0.25) is 4.79 Å². The Morgan fingerprint density at radius 1 is 1.16 bits per heavy atom. The first-order valence-corrected chi connectivity index (χ1v) is 8.88. The van der Waals surface area contributed by atoms with E-state index in [-0.39, 0.29) is 5.91 Å². The average molecular weight is 349 g/mol. The summed E-state index contributed by atoms with van der Waals surface area (Å²) in [6.07, 6.45) is 3.21. The van der Waals surface area contributed by atoms with E-state index in [0.29, 0.717) is 0 Å². The third kappa shape index (κ3) is 4.78. The predicted molar refractivity (Wildman–Crippen MR) is 105 cm³/mol. The van der Waals surface area contributed by atoms with E-state index in [9.17, 15) is 4.79 Å². The largest absolute Gasteiger partial charge is 0.369 e. The van der Waals surface area contributed by atoms with Gasteiger partial charge in [-0.1, -0.05) is 42.5 Å². The summed E-state index contributed by atoms with van der Waals surface area (Å²) in [5.41, 5.74) is 5.51. The molecule has 0 atom stereocenters. The smallest absolute Gasteiger partial charge is 0.248 e. The first kappa shape index (κ1) is 16.9. The minimum atomic E-state index is -0.173. The second kappa shape index (κ2) is 8.26. The molecule has 25 heavy (non-hydrogen) atoms. The van der Waals surface area contributed by atoms with Crippen molar-refractivity contribution < 1.29 is 4.79 Å². The predicted octanol–water partition coefficient (Wildman–Crippen LogP) is 4.43. The molecular weight excluding hydrogens is 330 g/mol. The number of nitrogens with zero attached hydrogens (tertiary/aromatic N) is 2. The highest BCUT2D eigenvalue weighted by molar-refractivity contribution is 7.07. The normalized spacial score (nSPS) is 10.8. The van der Waals surface area contributed by atoms with Crippen LogP contribution in [0.25, 0.3) is 6.08 Å². The number of anilines is 2. The van der Waals surface area contributed by atoms with Crippen LogP contribution in [0, 0.1) is 0 Å².